The van der Waals surface area contributed by atoms with E-state index in [4.69, 9.17) is 4.74 Å². The third-order valence-electron chi connectivity index (χ3n) is 4.45. The second-order valence-corrected chi connectivity index (χ2v) is 6.04. The van der Waals surface area contributed by atoms with E-state index in [1.807, 2.05) is 30.0 Å². The van der Waals surface area contributed by atoms with Crippen LogP contribution in [-0.4, -0.2) is 30.1 Å². The molecule has 112 valence electrons. The molecule has 1 aromatic rings. The van der Waals surface area contributed by atoms with Crippen LogP contribution in [-0.2, 0) is 9.53 Å². The number of allylic oxidation sites excluding steroid dienone is 2. The van der Waals surface area contributed by atoms with Gasteiger partial charge in [0.25, 0.3) is 0 Å². The van der Waals surface area contributed by atoms with Crippen molar-refractivity contribution in [3.63, 3.8) is 0 Å². The highest BCUT2D eigenvalue weighted by molar-refractivity contribution is 5.80. The molecule has 3 nitrogen and oxygen atoms in total. The van der Waals surface area contributed by atoms with Crippen LogP contribution in [0.5, 0.6) is 0 Å². The summed E-state index contributed by atoms with van der Waals surface area (Å²) in [6.07, 6.45) is 7.32. The van der Waals surface area contributed by atoms with Crippen LogP contribution in [0.3, 0.4) is 0 Å². The lowest BCUT2D eigenvalue weighted by Crippen LogP contribution is -2.49. The second-order valence-electron chi connectivity index (χ2n) is 6.04. The minimum absolute atomic E-state index is 0.0563. The molecular formula is C18H23NO2. The average Bonchev–Trinajstić information content (AvgIpc) is 2.56. The van der Waals surface area contributed by atoms with E-state index in [2.05, 4.69) is 24.3 Å². The van der Waals surface area contributed by atoms with Crippen molar-refractivity contribution in [3.8, 4) is 0 Å². The molecule has 21 heavy (non-hydrogen) atoms. The maximum Gasteiger partial charge on any atom is 0.226 e. The molecule has 0 unspecified atom stereocenters. The van der Waals surface area contributed by atoms with E-state index in [9.17, 15) is 4.79 Å². The largest absolute Gasteiger partial charge is 0.374 e. The Morgan fingerprint density at radius 2 is 2.05 bits per heavy atom. The zero-order chi connectivity index (χ0) is 14.7. The van der Waals surface area contributed by atoms with Gasteiger partial charge in [0.05, 0.1) is 18.8 Å². The Kier molecular flexibility index (Phi) is 4.39. The zero-order valence-corrected chi connectivity index (χ0v) is 12.6. The minimum atomic E-state index is 0.0563. The number of hydrogen-bond acceptors (Lipinski definition) is 2. The molecule has 0 N–H and O–H groups in total. The van der Waals surface area contributed by atoms with E-state index in [1.165, 1.54) is 5.56 Å². The van der Waals surface area contributed by atoms with Gasteiger partial charge in [-0.05, 0) is 31.7 Å². The summed E-state index contributed by atoms with van der Waals surface area (Å²) in [5.41, 5.74) is 1.17. The smallest absolute Gasteiger partial charge is 0.226 e. The lowest BCUT2D eigenvalue weighted by atomic mass is 9.91. The Morgan fingerprint density at radius 3 is 2.76 bits per heavy atom. The molecule has 1 aliphatic heterocycles. The molecule has 1 amide bonds. The third kappa shape index (κ3) is 3.18. The first-order valence-corrected chi connectivity index (χ1v) is 7.87. The third-order valence-corrected chi connectivity index (χ3v) is 4.45. The van der Waals surface area contributed by atoms with Gasteiger partial charge in [0, 0.05) is 12.5 Å². The molecule has 1 saturated heterocycles. The SMILES string of the molecule is C[C@@H]1CN(C(=O)[C@H]2CC=CCC2)[C@@H](c2ccccc2)CO1. The van der Waals surface area contributed by atoms with Crippen LogP contribution in [0.25, 0.3) is 0 Å². The standard InChI is InChI=1S/C18H23NO2/c1-14-12-19(18(20)16-10-6-3-7-11-16)17(13-21-14)15-8-4-2-5-9-15/h2-6,8-9,14,16-17H,7,10-13H2,1H3/t14-,16+,17-/m1/s1. The molecule has 2 aliphatic rings. The maximum absolute atomic E-state index is 12.9. The van der Waals surface area contributed by atoms with Crippen molar-refractivity contribution in [2.75, 3.05) is 13.2 Å². The van der Waals surface area contributed by atoms with Crippen LogP contribution in [0.1, 0.15) is 37.8 Å². The van der Waals surface area contributed by atoms with Crippen molar-refractivity contribution in [3.05, 3.63) is 48.0 Å². The summed E-state index contributed by atoms with van der Waals surface area (Å²) >= 11 is 0. The molecule has 0 radical (unpaired) electrons. The van der Waals surface area contributed by atoms with Gasteiger partial charge in [-0.25, -0.2) is 0 Å². The second kappa shape index (κ2) is 6.44. The number of hydrogen-bond donors (Lipinski definition) is 0. The minimum Gasteiger partial charge on any atom is -0.374 e. The van der Waals surface area contributed by atoms with Gasteiger partial charge < -0.3 is 9.64 Å². The van der Waals surface area contributed by atoms with Crippen molar-refractivity contribution in [1.29, 1.82) is 0 Å². The predicted molar refractivity (Wildman–Crippen MR) is 82.8 cm³/mol. The zero-order valence-electron chi connectivity index (χ0n) is 12.6. The first kappa shape index (κ1) is 14.3. The fourth-order valence-electron chi connectivity index (χ4n) is 3.25. The van der Waals surface area contributed by atoms with Gasteiger partial charge >= 0.3 is 0 Å². The lowest BCUT2D eigenvalue weighted by molar-refractivity contribution is -0.149. The van der Waals surface area contributed by atoms with Gasteiger partial charge in [-0.1, -0.05) is 42.5 Å². The number of morpholine rings is 1. The van der Waals surface area contributed by atoms with Gasteiger partial charge in [-0.2, -0.15) is 0 Å². The van der Waals surface area contributed by atoms with Crippen molar-refractivity contribution in [2.45, 2.75) is 38.3 Å². The van der Waals surface area contributed by atoms with E-state index in [-0.39, 0.29) is 18.1 Å². The van der Waals surface area contributed by atoms with Gasteiger partial charge in [-0.15, -0.1) is 0 Å². The average molecular weight is 285 g/mol. The first-order valence-electron chi connectivity index (χ1n) is 7.87. The van der Waals surface area contributed by atoms with Gasteiger partial charge in [0.2, 0.25) is 5.91 Å². The van der Waals surface area contributed by atoms with Crippen molar-refractivity contribution in [2.24, 2.45) is 5.92 Å². The molecule has 1 heterocycles. The van der Waals surface area contributed by atoms with E-state index in [0.717, 1.165) is 19.3 Å². The van der Waals surface area contributed by atoms with Crippen LogP contribution in [0.4, 0.5) is 0 Å². The summed E-state index contributed by atoms with van der Waals surface area (Å²) in [7, 11) is 0. The lowest BCUT2D eigenvalue weighted by Gasteiger charge is -2.40. The Balaban J connectivity index is 1.81. The van der Waals surface area contributed by atoms with E-state index < -0.39 is 0 Å². The normalized spacial score (nSPS) is 29.4. The van der Waals surface area contributed by atoms with Crippen LogP contribution < -0.4 is 0 Å². The van der Waals surface area contributed by atoms with Gasteiger partial charge in [-0.3, -0.25) is 4.79 Å². The summed E-state index contributed by atoms with van der Waals surface area (Å²) in [4.78, 5) is 15.0. The van der Waals surface area contributed by atoms with Crippen LogP contribution in [0.2, 0.25) is 0 Å². The summed E-state index contributed by atoms with van der Waals surface area (Å²) in [6, 6.07) is 10.3. The molecular weight excluding hydrogens is 262 g/mol. The first-order chi connectivity index (χ1) is 10.3. The predicted octanol–water partition coefficient (Wildman–Crippen LogP) is 3.33. The van der Waals surface area contributed by atoms with E-state index in [0.29, 0.717) is 19.1 Å². The van der Waals surface area contributed by atoms with E-state index in [1.54, 1.807) is 0 Å². The Morgan fingerprint density at radius 1 is 1.24 bits per heavy atom. The van der Waals surface area contributed by atoms with Gasteiger partial charge in [0.1, 0.15) is 0 Å². The number of ether oxygens (including phenoxy) is 1. The van der Waals surface area contributed by atoms with Gasteiger partial charge in [0.15, 0.2) is 0 Å². The van der Waals surface area contributed by atoms with Crippen LogP contribution in [0, 0.1) is 5.92 Å². The summed E-state index contributed by atoms with van der Waals surface area (Å²) in [5.74, 6) is 0.440. The summed E-state index contributed by atoms with van der Waals surface area (Å²) < 4.78 is 5.80. The molecule has 1 aliphatic carbocycles. The van der Waals surface area contributed by atoms with E-state index >= 15 is 0 Å². The molecule has 0 spiro atoms. The molecule has 0 bridgehead atoms. The topological polar surface area (TPSA) is 29.5 Å². The highest BCUT2D eigenvalue weighted by atomic mass is 16.5. The summed E-state index contributed by atoms with van der Waals surface area (Å²) in [5, 5.41) is 0. The summed E-state index contributed by atoms with van der Waals surface area (Å²) in [6.45, 7) is 3.33. The molecule has 3 atom stereocenters. The Hall–Kier alpha value is -1.61. The molecule has 0 aromatic heterocycles. The van der Waals surface area contributed by atoms with Crippen LogP contribution >= 0.6 is 0 Å². The molecule has 3 rings (SSSR count). The fourth-order valence-corrected chi connectivity index (χ4v) is 3.25. The van der Waals surface area contributed by atoms with Crippen molar-refractivity contribution >= 4 is 5.91 Å². The number of amides is 1. The molecule has 0 saturated carbocycles. The number of nitrogens with zero attached hydrogens (tertiary/aromatic N) is 1. The quantitative estimate of drug-likeness (QED) is 0.780. The van der Waals surface area contributed by atoms with Crippen molar-refractivity contribution in [1.82, 2.24) is 4.90 Å². The number of benzene rings is 1. The molecule has 3 heteroatoms. The Bertz CT molecular complexity index is 511. The Labute approximate surface area is 126 Å². The monoisotopic (exact) mass is 285 g/mol. The maximum atomic E-state index is 12.9. The number of carbonyl (C=O) groups excluding carboxylic acids is 1. The van der Waals surface area contributed by atoms with Crippen LogP contribution in [0.15, 0.2) is 42.5 Å². The highest BCUT2D eigenvalue weighted by Gasteiger charge is 2.34. The number of rotatable bonds is 2. The number of carbonyl (C=O) groups is 1. The molecule has 1 aromatic carbocycles. The highest BCUT2D eigenvalue weighted by Crippen LogP contribution is 2.30. The van der Waals surface area contributed by atoms with Crippen molar-refractivity contribution < 1.29 is 9.53 Å². The molecule has 1 fully saturated rings. The fraction of sp³-hybridized carbons (Fsp3) is 0.500.